The fourth-order valence-electron chi connectivity index (χ4n) is 1.61. The molecule has 0 aromatic heterocycles. The first kappa shape index (κ1) is 14.7. The molecule has 0 bridgehead atoms. The molecule has 2 atom stereocenters. The molecule has 0 aliphatic heterocycles. The number of hydrogen-bond donors (Lipinski definition) is 2. The van der Waals surface area contributed by atoms with Gasteiger partial charge in [0, 0.05) is 11.4 Å². The molecule has 2 N–H and O–H groups in total. The van der Waals surface area contributed by atoms with E-state index in [2.05, 4.69) is 26.6 Å². The quantitative estimate of drug-likeness (QED) is 0.895. The van der Waals surface area contributed by atoms with E-state index in [1.807, 2.05) is 31.2 Å². The maximum Gasteiger partial charge on any atom is 0.242 e. The third kappa shape index (κ3) is 4.14. The van der Waals surface area contributed by atoms with Crippen LogP contribution in [0.15, 0.2) is 28.7 Å². The fourth-order valence-corrected chi connectivity index (χ4v) is 2.24. The van der Waals surface area contributed by atoms with Crippen molar-refractivity contribution in [2.45, 2.75) is 32.9 Å². The average molecular weight is 313 g/mol. The number of hydrogen-bond acceptors (Lipinski definition) is 2. The van der Waals surface area contributed by atoms with Gasteiger partial charge in [-0.25, -0.2) is 0 Å². The lowest BCUT2D eigenvalue weighted by molar-refractivity contribution is -0.128. The monoisotopic (exact) mass is 312 g/mol. The molecule has 1 aromatic rings. The van der Waals surface area contributed by atoms with Crippen molar-refractivity contribution in [3.05, 3.63) is 34.3 Å². The van der Waals surface area contributed by atoms with Crippen LogP contribution in [0.1, 0.15) is 32.4 Å². The zero-order valence-corrected chi connectivity index (χ0v) is 12.2. The highest BCUT2D eigenvalue weighted by atomic mass is 79.9. The number of carbonyl (C=O) groups is 2. The molecule has 2 amide bonds. The van der Waals surface area contributed by atoms with Crippen molar-refractivity contribution in [2.75, 3.05) is 0 Å². The highest BCUT2D eigenvalue weighted by Gasteiger charge is 2.17. The van der Waals surface area contributed by atoms with Gasteiger partial charge in [-0.2, -0.15) is 0 Å². The molecule has 0 fully saturated rings. The van der Waals surface area contributed by atoms with Crippen molar-refractivity contribution in [1.82, 2.24) is 10.6 Å². The Bertz CT molecular complexity index is 448. The minimum absolute atomic E-state index is 0.121. The molecule has 0 saturated heterocycles. The molecule has 0 unspecified atom stereocenters. The van der Waals surface area contributed by atoms with E-state index < -0.39 is 6.04 Å². The largest absolute Gasteiger partial charge is 0.348 e. The zero-order chi connectivity index (χ0) is 13.7. The van der Waals surface area contributed by atoms with E-state index in [9.17, 15) is 9.59 Å². The van der Waals surface area contributed by atoms with Gasteiger partial charge in [-0.1, -0.05) is 34.1 Å². The molecule has 4 nitrogen and oxygen atoms in total. The Morgan fingerprint density at radius 2 is 1.78 bits per heavy atom. The van der Waals surface area contributed by atoms with Gasteiger partial charge < -0.3 is 10.6 Å². The molecule has 0 aliphatic carbocycles. The summed E-state index contributed by atoms with van der Waals surface area (Å²) < 4.78 is 0.949. The maximum atomic E-state index is 11.8. The Morgan fingerprint density at radius 3 is 2.33 bits per heavy atom. The van der Waals surface area contributed by atoms with Crippen LogP contribution < -0.4 is 10.6 Å². The normalized spacial score (nSPS) is 13.6. The van der Waals surface area contributed by atoms with Crippen LogP contribution in [0.5, 0.6) is 0 Å². The molecule has 98 valence electrons. The number of benzene rings is 1. The van der Waals surface area contributed by atoms with Crippen LogP contribution in [0.4, 0.5) is 0 Å². The molecule has 1 aromatic carbocycles. The number of halogens is 1. The Morgan fingerprint density at radius 1 is 1.17 bits per heavy atom. The number of amides is 2. The summed E-state index contributed by atoms with van der Waals surface area (Å²) in [7, 11) is 0. The standard InChI is InChI=1S/C13H17BrN2O2/c1-8(11-6-4-5-7-12(11)14)16-13(18)9(2)15-10(3)17/h4-9H,1-3H3,(H,15,17)(H,16,18)/t8-,9-/m0/s1. The van der Waals surface area contributed by atoms with Gasteiger partial charge in [0.1, 0.15) is 6.04 Å². The van der Waals surface area contributed by atoms with E-state index >= 15 is 0 Å². The van der Waals surface area contributed by atoms with Gasteiger partial charge in [0.05, 0.1) is 6.04 Å². The van der Waals surface area contributed by atoms with E-state index in [1.54, 1.807) is 6.92 Å². The van der Waals surface area contributed by atoms with Crippen molar-refractivity contribution >= 4 is 27.7 Å². The van der Waals surface area contributed by atoms with Gasteiger partial charge in [0.25, 0.3) is 0 Å². The van der Waals surface area contributed by atoms with Crippen LogP contribution in [-0.2, 0) is 9.59 Å². The predicted molar refractivity (Wildman–Crippen MR) is 74.0 cm³/mol. The van der Waals surface area contributed by atoms with Crippen molar-refractivity contribution in [2.24, 2.45) is 0 Å². The van der Waals surface area contributed by atoms with Gasteiger partial charge in [0.2, 0.25) is 11.8 Å². The van der Waals surface area contributed by atoms with Crippen LogP contribution in [-0.4, -0.2) is 17.9 Å². The molecule has 5 heteroatoms. The van der Waals surface area contributed by atoms with Crippen LogP contribution in [0.2, 0.25) is 0 Å². The second-order valence-electron chi connectivity index (χ2n) is 4.17. The molecule has 0 radical (unpaired) electrons. The molecular weight excluding hydrogens is 296 g/mol. The summed E-state index contributed by atoms with van der Waals surface area (Å²) in [4.78, 5) is 22.7. The molecule has 0 aliphatic rings. The minimum atomic E-state index is -0.535. The van der Waals surface area contributed by atoms with Crippen LogP contribution in [0.25, 0.3) is 0 Å². The van der Waals surface area contributed by atoms with Crippen LogP contribution in [0.3, 0.4) is 0 Å². The van der Waals surface area contributed by atoms with Crippen molar-refractivity contribution in [1.29, 1.82) is 0 Å². The second-order valence-corrected chi connectivity index (χ2v) is 5.03. The summed E-state index contributed by atoms with van der Waals surface area (Å²) >= 11 is 3.44. The average Bonchev–Trinajstić information content (AvgIpc) is 2.28. The minimum Gasteiger partial charge on any atom is -0.348 e. The Labute approximate surface area is 115 Å². The summed E-state index contributed by atoms with van der Waals surface area (Å²) in [5.74, 6) is -0.417. The summed E-state index contributed by atoms with van der Waals surface area (Å²) in [5.41, 5.74) is 1.00. The number of carbonyl (C=O) groups excluding carboxylic acids is 2. The van der Waals surface area contributed by atoms with Gasteiger partial charge in [0.15, 0.2) is 0 Å². The maximum absolute atomic E-state index is 11.8. The number of rotatable bonds is 4. The van der Waals surface area contributed by atoms with Gasteiger partial charge >= 0.3 is 0 Å². The molecule has 0 saturated carbocycles. The smallest absolute Gasteiger partial charge is 0.242 e. The van der Waals surface area contributed by atoms with Gasteiger partial charge in [-0.15, -0.1) is 0 Å². The van der Waals surface area contributed by atoms with Crippen LogP contribution in [0, 0.1) is 0 Å². The zero-order valence-electron chi connectivity index (χ0n) is 10.7. The lowest BCUT2D eigenvalue weighted by atomic mass is 10.1. The molecular formula is C13H17BrN2O2. The van der Waals surface area contributed by atoms with Crippen LogP contribution >= 0.6 is 15.9 Å². The summed E-state index contributed by atoms with van der Waals surface area (Å²) in [5, 5.41) is 5.41. The van der Waals surface area contributed by atoms with E-state index in [4.69, 9.17) is 0 Å². The first-order valence-corrected chi connectivity index (χ1v) is 6.53. The third-order valence-corrected chi connectivity index (χ3v) is 3.27. The van der Waals surface area contributed by atoms with E-state index in [1.165, 1.54) is 6.92 Å². The Kier molecular flexibility index (Phi) is 5.34. The SMILES string of the molecule is CC(=O)N[C@@H](C)C(=O)N[C@@H](C)c1ccccc1Br. The summed E-state index contributed by atoms with van der Waals surface area (Å²) in [6.07, 6.45) is 0. The van der Waals surface area contributed by atoms with Crippen molar-refractivity contribution < 1.29 is 9.59 Å². The van der Waals surface area contributed by atoms with Crippen molar-refractivity contribution in [3.8, 4) is 0 Å². The first-order chi connectivity index (χ1) is 8.41. The molecule has 0 spiro atoms. The van der Waals surface area contributed by atoms with E-state index in [0.29, 0.717) is 0 Å². The lowest BCUT2D eigenvalue weighted by Gasteiger charge is -2.19. The van der Waals surface area contributed by atoms with Crippen molar-refractivity contribution in [3.63, 3.8) is 0 Å². The Hall–Kier alpha value is -1.36. The Balaban J connectivity index is 2.65. The van der Waals surface area contributed by atoms with E-state index in [-0.39, 0.29) is 17.9 Å². The highest BCUT2D eigenvalue weighted by Crippen LogP contribution is 2.22. The first-order valence-electron chi connectivity index (χ1n) is 5.73. The molecule has 18 heavy (non-hydrogen) atoms. The second kappa shape index (κ2) is 6.54. The highest BCUT2D eigenvalue weighted by molar-refractivity contribution is 9.10. The third-order valence-electron chi connectivity index (χ3n) is 2.54. The van der Waals surface area contributed by atoms with Gasteiger partial charge in [-0.3, -0.25) is 9.59 Å². The summed E-state index contributed by atoms with van der Waals surface area (Å²) in [6, 6.07) is 7.05. The van der Waals surface area contributed by atoms with E-state index in [0.717, 1.165) is 10.0 Å². The molecule has 1 rings (SSSR count). The van der Waals surface area contributed by atoms with Gasteiger partial charge in [-0.05, 0) is 25.5 Å². The topological polar surface area (TPSA) is 58.2 Å². The predicted octanol–water partition coefficient (Wildman–Crippen LogP) is 2.15. The molecule has 0 heterocycles. The lowest BCUT2D eigenvalue weighted by Crippen LogP contribution is -2.44. The summed E-state index contributed by atoms with van der Waals surface area (Å²) in [6.45, 7) is 4.95. The number of nitrogens with one attached hydrogen (secondary N) is 2. The fraction of sp³-hybridized carbons (Fsp3) is 0.385.